The highest BCUT2D eigenvalue weighted by Gasteiger charge is 1.90. The predicted molar refractivity (Wildman–Crippen MR) is 42.7 cm³/mol. The number of aromatic nitrogens is 1. The fraction of sp³-hybridized carbons (Fsp3) is 0.286. The maximum absolute atomic E-state index is 5.04. The third kappa shape index (κ3) is 2.18. The third-order valence-electron chi connectivity index (χ3n) is 1.02. The Balaban J connectivity index is 2.23. The highest BCUT2D eigenvalue weighted by Crippen LogP contribution is 1.98. The van der Waals surface area contributed by atoms with Gasteiger partial charge in [-0.2, -0.15) is 0 Å². The fourth-order valence-electron chi connectivity index (χ4n) is 0.588. The Morgan fingerprint density at radius 3 is 3.30 bits per heavy atom. The molecule has 0 bridgehead atoms. The first-order valence-corrected chi connectivity index (χ1v) is 3.89. The Kier molecular flexibility index (Phi) is 2.94. The Morgan fingerprint density at radius 1 is 1.80 bits per heavy atom. The van der Waals surface area contributed by atoms with Gasteiger partial charge in [-0.3, -0.25) is 0 Å². The van der Waals surface area contributed by atoms with Crippen LogP contribution in [-0.4, -0.2) is 11.5 Å². The fourth-order valence-corrected chi connectivity index (χ4v) is 1.15. The highest BCUT2D eigenvalue weighted by atomic mass is 32.1. The van der Waals surface area contributed by atoms with Crippen molar-refractivity contribution in [3.63, 3.8) is 0 Å². The molecule has 0 spiro atoms. The molecule has 0 aromatic carbocycles. The zero-order chi connectivity index (χ0) is 7.23. The Labute approximate surface area is 64.3 Å². The minimum absolute atomic E-state index is 0.609. The molecule has 0 aliphatic carbocycles. The van der Waals surface area contributed by atoms with E-state index in [0.29, 0.717) is 6.54 Å². The van der Waals surface area contributed by atoms with Crippen LogP contribution in [0.4, 0.5) is 0 Å². The lowest BCUT2D eigenvalue weighted by Crippen LogP contribution is -2.12. The minimum Gasteiger partial charge on any atom is -0.301 e. The number of nitrogens with one attached hydrogen (secondary N) is 1. The SMILES string of the molecule is C#CCNCc1cscn1. The molecule has 0 aliphatic rings. The summed E-state index contributed by atoms with van der Waals surface area (Å²) >= 11 is 1.59. The van der Waals surface area contributed by atoms with Crippen molar-refractivity contribution in [2.24, 2.45) is 0 Å². The van der Waals surface area contributed by atoms with E-state index in [4.69, 9.17) is 6.42 Å². The van der Waals surface area contributed by atoms with Crippen LogP contribution in [0.5, 0.6) is 0 Å². The quantitative estimate of drug-likeness (QED) is 0.513. The molecular formula is C7H8N2S. The van der Waals surface area contributed by atoms with E-state index in [2.05, 4.69) is 16.2 Å². The van der Waals surface area contributed by atoms with Crippen LogP contribution in [0.3, 0.4) is 0 Å². The molecule has 0 radical (unpaired) electrons. The number of terminal acetylenes is 1. The standard InChI is InChI=1S/C7H8N2S/c1-2-3-8-4-7-5-10-6-9-7/h1,5-6,8H,3-4H2. The molecule has 10 heavy (non-hydrogen) atoms. The van der Waals surface area contributed by atoms with E-state index in [9.17, 15) is 0 Å². The average Bonchev–Trinajstić information content (AvgIpc) is 2.41. The summed E-state index contributed by atoms with van der Waals surface area (Å²) < 4.78 is 0. The van der Waals surface area contributed by atoms with Gasteiger partial charge in [0.2, 0.25) is 0 Å². The topological polar surface area (TPSA) is 24.9 Å². The van der Waals surface area contributed by atoms with E-state index in [1.165, 1.54) is 0 Å². The number of hydrogen-bond acceptors (Lipinski definition) is 3. The third-order valence-corrected chi connectivity index (χ3v) is 1.65. The van der Waals surface area contributed by atoms with Crippen molar-refractivity contribution in [3.8, 4) is 12.3 Å². The van der Waals surface area contributed by atoms with Gasteiger partial charge in [0.1, 0.15) is 0 Å². The van der Waals surface area contributed by atoms with E-state index >= 15 is 0 Å². The van der Waals surface area contributed by atoms with E-state index < -0.39 is 0 Å². The second kappa shape index (κ2) is 4.04. The molecule has 1 heterocycles. The Morgan fingerprint density at radius 2 is 2.70 bits per heavy atom. The van der Waals surface area contributed by atoms with Gasteiger partial charge in [-0.1, -0.05) is 5.92 Å². The molecule has 2 nitrogen and oxygen atoms in total. The summed E-state index contributed by atoms with van der Waals surface area (Å²) in [5.41, 5.74) is 2.87. The van der Waals surface area contributed by atoms with Crippen LogP contribution in [0.15, 0.2) is 10.9 Å². The van der Waals surface area contributed by atoms with Crippen LogP contribution in [0, 0.1) is 12.3 Å². The van der Waals surface area contributed by atoms with Crippen molar-refractivity contribution in [2.45, 2.75) is 6.54 Å². The van der Waals surface area contributed by atoms with Crippen LogP contribution in [0.2, 0.25) is 0 Å². The zero-order valence-electron chi connectivity index (χ0n) is 5.50. The summed E-state index contributed by atoms with van der Waals surface area (Å²) in [5, 5.41) is 5.05. The molecule has 1 N–H and O–H groups in total. The molecule has 0 aliphatic heterocycles. The lowest BCUT2D eigenvalue weighted by molar-refractivity contribution is 0.754. The van der Waals surface area contributed by atoms with Gasteiger partial charge >= 0.3 is 0 Å². The largest absolute Gasteiger partial charge is 0.301 e. The van der Waals surface area contributed by atoms with Crippen molar-refractivity contribution in [1.29, 1.82) is 0 Å². The Hall–Kier alpha value is -0.850. The summed E-state index contributed by atoms with van der Waals surface area (Å²) in [6.07, 6.45) is 5.04. The average molecular weight is 152 g/mol. The number of hydrogen-bond donors (Lipinski definition) is 1. The van der Waals surface area contributed by atoms with Gasteiger partial charge in [0, 0.05) is 11.9 Å². The monoisotopic (exact) mass is 152 g/mol. The van der Waals surface area contributed by atoms with Crippen molar-refractivity contribution in [1.82, 2.24) is 10.3 Å². The summed E-state index contributed by atoms with van der Waals surface area (Å²) in [7, 11) is 0. The summed E-state index contributed by atoms with van der Waals surface area (Å²) in [6.45, 7) is 1.38. The molecule has 0 unspecified atom stereocenters. The summed E-state index contributed by atoms with van der Waals surface area (Å²) in [5.74, 6) is 2.49. The zero-order valence-corrected chi connectivity index (χ0v) is 6.32. The molecule has 1 rings (SSSR count). The normalized spacial score (nSPS) is 9.10. The molecule has 52 valence electrons. The van der Waals surface area contributed by atoms with Gasteiger partial charge in [-0.25, -0.2) is 4.98 Å². The van der Waals surface area contributed by atoms with E-state index in [1.54, 1.807) is 11.3 Å². The summed E-state index contributed by atoms with van der Waals surface area (Å²) in [6, 6.07) is 0. The van der Waals surface area contributed by atoms with Crippen LogP contribution in [0.25, 0.3) is 0 Å². The molecule has 1 aromatic heterocycles. The van der Waals surface area contributed by atoms with Crippen molar-refractivity contribution in [2.75, 3.05) is 6.54 Å². The second-order valence-electron chi connectivity index (χ2n) is 1.79. The van der Waals surface area contributed by atoms with Crippen molar-refractivity contribution in [3.05, 3.63) is 16.6 Å². The number of nitrogens with zero attached hydrogens (tertiary/aromatic N) is 1. The van der Waals surface area contributed by atoms with Gasteiger partial charge in [0.25, 0.3) is 0 Å². The van der Waals surface area contributed by atoms with Crippen LogP contribution in [0.1, 0.15) is 5.69 Å². The van der Waals surface area contributed by atoms with Crippen LogP contribution >= 0.6 is 11.3 Å². The minimum atomic E-state index is 0.609. The van der Waals surface area contributed by atoms with Gasteiger partial charge in [0.15, 0.2) is 0 Å². The second-order valence-corrected chi connectivity index (χ2v) is 2.51. The van der Waals surface area contributed by atoms with Crippen LogP contribution < -0.4 is 5.32 Å². The lowest BCUT2D eigenvalue weighted by Gasteiger charge is -1.93. The first-order valence-electron chi connectivity index (χ1n) is 2.94. The van der Waals surface area contributed by atoms with E-state index in [0.717, 1.165) is 12.2 Å². The van der Waals surface area contributed by atoms with Gasteiger partial charge in [-0.05, 0) is 0 Å². The summed E-state index contributed by atoms with van der Waals surface area (Å²) in [4.78, 5) is 4.08. The van der Waals surface area contributed by atoms with Gasteiger partial charge in [0.05, 0.1) is 17.7 Å². The Bertz CT molecular complexity index is 210. The smallest absolute Gasteiger partial charge is 0.0795 e. The first-order chi connectivity index (χ1) is 4.93. The highest BCUT2D eigenvalue weighted by molar-refractivity contribution is 7.07. The molecule has 0 saturated heterocycles. The first kappa shape index (κ1) is 7.26. The number of thiazole rings is 1. The van der Waals surface area contributed by atoms with Crippen molar-refractivity contribution < 1.29 is 0 Å². The lowest BCUT2D eigenvalue weighted by atomic mass is 10.5. The molecule has 0 amide bonds. The van der Waals surface area contributed by atoms with Crippen LogP contribution in [-0.2, 0) is 6.54 Å². The molecule has 0 saturated carbocycles. The van der Waals surface area contributed by atoms with Crippen molar-refractivity contribution >= 4 is 11.3 Å². The maximum atomic E-state index is 5.04. The van der Waals surface area contributed by atoms with E-state index in [1.807, 2.05) is 10.9 Å². The molecular weight excluding hydrogens is 144 g/mol. The maximum Gasteiger partial charge on any atom is 0.0795 e. The molecule has 0 atom stereocenters. The molecule has 3 heteroatoms. The van der Waals surface area contributed by atoms with E-state index in [-0.39, 0.29) is 0 Å². The molecule has 0 fully saturated rings. The molecule has 1 aromatic rings. The number of rotatable bonds is 3. The van der Waals surface area contributed by atoms with Gasteiger partial charge in [-0.15, -0.1) is 17.8 Å². The van der Waals surface area contributed by atoms with Gasteiger partial charge < -0.3 is 5.32 Å². The predicted octanol–water partition coefficient (Wildman–Crippen LogP) is 0.866.